The first-order valence-corrected chi connectivity index (χ1v) is 13.1. The molecular formula is C24H20BrCl2N3O5S. The SMILES string of the molecule is CCOc1c(Cl)cc([C@H]2C(C#N)=C(SCC(=O)Nc3ccc(Br)cc3)NC(=O)[C@H]2C(=O)OC)cc1Cl. The van der Waals surface area contributed by atoms with Gasteiger partial charge in [-0.2, -0.15) is 5.26 Å². The first-order chi connectivity index (χ1) is 17.2. The standard InChI is InChI=1S/C24H20BrCl2N3O5S/c1-3-35-21-16(26)8-12(9-17(21)27)19-15(10-28)23(30-22(32)20(19)24(33)34-2)36-11-18(31)29-14-6-4-13(25)5-7-14/h4-9,19-20H,3,11H2,1-2H3,(H,29,31)(H,30,32)/t19-,20-/m0/s1. The number of carbonyl (C=O) groups is 3. The van der Waals surface area contributed by atoms with Crippen LogP contribution in [0.5, 0.6) is 5.75 Å². The highest BCUT2D eigenvalue weighted by Gasteiger charge is 2.44. The molecule has 0 fully saturated rings. The Morgan fingerprint density at radius 3 is 2.42 bits per heavy atom. The minimum atomic E-state index is -1.37. The fourth-order valence-electron chi connectivity index (χ4n) is 3.59. The Hall–Kier alpha value is -2.71. The van der Waals surface area contributed by atoms with Crippen molar-refractivity contribution in [3.05, 3.63) is 67.1 Å². The number of methoxy groups -OCH3 is 1. The Bertz CT molecular complexity index is 1240. The molecule has 0 aliphatic carbocycles. The van der Waals surface area contributed by atoms with Gasteiger partial charge < -0.3 is 20.1 Å². The van der Waals surface area contributed by atoms with Crippen LogP contribution in [0.1, 0.15) is 18.4 Å². The molecule has 1 aliphatic heterocycles. The minimum absolute atomic E-state index is 0.0720. The van der Waals surface area contributed by atoms with Crippen molar-refractivity contribution in [2.24, 2.45) is 5.92 Å². The smallest absolute Gasteiger partial charge is 0.319 e. The van der Waals surface area contributed by atoms with Gasteiger partial charge in [-0.05, 0) is 48.9 Å². The van der Waals surface area contributed by atoms with Gasteiger partial charge in [0.25, 0.3) is 0 Å². The van der Waals surface area contributed by atoms with E-state index in [1.165, 1.54) is 12.1 Å². The second kappa shape index (κ2) is 12.5. The molecule has 0 unspecified atom stereocenters. The van der Waals surface area contributed by atoms with Gasteiger partial charge in [0.15, 0.2) is 5.75 Å². The van der Waals surface area contributed by atoms with Gasteiger partial charge in [-0.25, -0.2) is 0 Å². The van der Waals surface area contributed by atoms with E-state index in [1.54, 1.807) is 31.2 Å². The third-order valence-corrected chi connectivity index (χ3v) is 7.24. The molecule has 36 heavy (non-hydrogen) atoms. The predicted octanol–water partition coefficient (Wildman–Crippen LogP) is 5.26. The third-order valence-electron chi connectivity index (χ3n) is 5.13. The number of anilines is 1. The quantitative estimate of drug-likeness (QED) is 0.308. The molecule has 0 saturated carbocycles. The summed E-state index contributed by atoms with van der Waals surface area (Å²) in [4.78, 5) is 38.1. The Morgan fingerprint density at radius 2 is 1.86 bits per heavy atom. The Morgan fingerprint density at radius 1 is 1.22 bits per heavy atom. The first-order valence-electron chi connectivity index (χ1n) is 10.5. The van der Waals surface area contributed by atoms with E-state index in [1.807, 2.05) is 0 Å². The van der Waals surface area contributed by atoms with Crippen LogP contribution in [0, 0.1) is 17.2 Å². The van der Waals surface area contributed by atoms with Gasteiger partial charge in [0.1, 0.15) is 5.92 Å². The van der Waals surface area contributed by atoms with E-state index >= 15 is 0 Å². The molecule has 0 radical (unpaired) electrons. The Balaban J connectivity index is 1.96. The lowest BCUT2D eigenvalue weighted by Crippen LogP contribution is -2.44. The molecular weight excluding hydrogens is 593 g/mol. The van der Waals surface area contributed by atoms with Gasteiger partial charge in [-0.1, -0.05) is 50.9 Å². The summed E-state index contributed by atoms with van der Waals surface area (Å²) >= 11 is 17.0. The largest absolute Gasteiger partial charge is 0.491 e. The molecule has 8 nitrogen and oxygen atoms in total. The maximum absolute atomic E-state index is 13.0. The van der Waals surface area contributed by atoms with Crippen molar-refractivity contribution >= 4 is 74.4 Å². The number of nitrogens with one attached hydrogen (secondary N) is 2. The van der Waals surface area contributed by atoms with Crippen molar-refractivity contribution in [3.8, 4) is 11.8 Å². The highest BCUT2D eigenvalue weighted by Crippen LogP contribution is 2.44. The number of rotatable bonds is 8. The zero-order chi connectivity index (χ0) is 26.4. The topological polar surface area (TPSA) is 118 Å². The average Bonchev–Trinajstić information content (AvgIpc) is 2.85. The number of halogens is 3. The summed E-state index contributed by atoms with van der Waals surface area (Å²) in [7, 11) is 1.15. The predicted molar refractivity (Wildman–Crippen MR) is 142 cm³/mol. The van der Waals surface area contributed by atoms with Crippen molar-refractivity contribution in [2.45, 2.75) is 12.8 Å². The minimum Gasteiger partial charge on any atom is -0.491 e. The van der Waals surface area contributed by atoms with Crippen molar-refractivity contribution in [1.29, 1.82) is 5.26 Å². The lowest BCUT2D eigenvalue weighted by molar-refractivity contribution is -0.150. The number of benzene rings is 2. The molecule has 0 spiro atoms. The number of hydrogen-bond acceptors (Lipinski definition) is 7. The second-order valence-corrected chi connectivity index (χ2v) is 10.1. The molecule has 2 aromatic rings. The van der Waals surface area contributed by atoms with E-state index in [0.717, 1.165) is 23.3 Å². The van der Waals surface area contributed by atoms with Gasteiger partial charge in [-0.15, -0.1) is 0 Å². The number of hydrogen-bond donors (Lipinski definition) is 2. The molecule has 0 aromatic heterocycles. The number of thioether (sulfide) groups is 1. The molecule has 1 aliphatic rings. The van der Waals surface area contributed by atoms with Crippen LogP contribution in [0.2, 0.25) is 10.0 Å². The molecule has 0 bridgehead atoms. The maximum Gasteiger partial charge on any atom is 0.319 e. The van der Waals surface area contributed by atoms with Crippen LogP contribution >= 0.6 is 50.9 Å². The monoisotopic (exact) mass is 611 g/mol. The fraction of sp³-hybridized carbons (Fsp3) is 0.250. The highest BCUT2D eigenvalue weighted by molar-refractivity contribution is 9.10. The van der Waals surface area contributed by atoms with Gasteiger partial charge in [0.2, 0.25) is 11.8 Å². The summed E-state index contributed by atoms with van der Waals surface area (Å²) < 4.78 is 11.2. The van der Waals surface area contributed by atoms with E-state index in [9.17, 15) is 19.6 Å². The molecule has 0 saturated heterocycles. The van der Waals surface area contributed by atoms with Gasteiger partial charge in [-0.3, -0.25) is 14.4 Å². The van der Waals surface area contributed by atoms with Crippen LogP contribution in [0.25, 0.3) is 0 Å². The van der Waals surface area contributed by atoms with Crippen molar-refractivity contribution < 1.29 is 23.9 Å². The van der Waals surface area contributed by atoms with Crippen LogP contribution in [0.4, 0.5) is 5.69 Å². The number of allylic oxidation sites excluding steroid dienone is 1. The summed E-state index contributed by atoms with van der Waals surface area (Å²) in [5.41, 5.74) is 1.02. The lowest BCUT2D eigenvalue weighted by Gasteiger charge is -2.31. The number of nitrogens with zero attached hydrogens (tertiary/aromatic N) is 1. The fourth-order valence-corrected chi connectivity index (χ4v) is 5.31. The number of ether oxygens (including phenoxy) is 2. The van der Waals surface area contributed by atoms with Crippen LogP contribution < -0.4 is 15.4 Å². The van der Waals surface area contributed by atoms with E-state index in [0.29, 0.717) is 17.9 Å². The highest BCUT2D eigenvalue weighted by atomic mass is 79.9. The van der Waals surface area contributed by atoms with Gasteiger partial charge in [0, 0.05) is 16.1 Å². The molecule has 1 heterocycles. The normalized spacial score (nSPS) is 17.2. The van der Waals surface area contributed by atoms with Crippen LogP contribution in [0.15, 0.2) is 51.5 Å². The van der Waals surface area contributed by atoms with Crippen molar-refractivity contribution in [3.63, 3.8) is 0 Å². The molecule has 2 amide bonds. The molecule has 2 atom stereocenters. The van der Waals surface area contributed by atoms with E-state index in [4.69, 9.17) is 32.7 Å². The average molecular weight is 613 g/mol. The number of esters is 1. The Labute approximate surface area is 230 Å². The van der Waals surface area contributed by atoms with E-state index in [-0.39, 0.29) is 38.1 Å². The van der Waals surface area contributed by atoms with Crippen LogP contribution in [-0.2, 0) is 19.1 Å². The summed E-state index contributed by atoms with van der Waals surface area (Å²) in [6.45, 7) is 2.09. The van der Waals surface area contributed by atoms with Gasteiger partial charge in [0.05, 0.1) is 46.2 Å². The molecule has 2 aromatic carbocycles. The summed E-state index contributed by atoms with van der Waals surface area (Å²) in [5.74, 6) is -4.11. The summed E-state index contributed by atoms with van der Waals surface area (Å²) in [6, 6.07) is 12.1. The van der Waals surface area contributed by atoms with Crippen LogP contribution in [-0.4, -0.2) is 37.3 Å². The zero-order valence-electron chi connectivity index (χ0n) is 19.1. The van der Waals surface area contributed by atoms with Crippen molar-refractivity contribution in [2.75, 3.05) is 24.8 Å². The van der Waals surface area contributed by atoms with E-state index in [2.05, 4.69) is 32.6 Å². The van der Waals surface area contributed by atoms with E-state index < -0.39 is 23.7 Å². The van der Waals surface area contributed by atoms with Crippen molar-refractivity contribution in [1.82, 2.24) is 5.32 Å². The number of amides is 2. The third kappa shape index (κ3) is 6.34. The lowest BCUT2D eigenvalue weighted by atomic mass is 9.78. The number of nitriles is 1. The summed E-state index contributed by atoms with van der Waals surface area (Å²) in [5, 5.41) is 15.8. The molecule has 188 valence electrons. The molecule has 12 heteroatoms. The van der Waals surface area contributed by atoms with Crippen LogP contribution in [0.3, 0.4) is 0 Å². The summed E-state index contributed by atoms with van der Waals surface area (Å²) in [6.07, 6.45) is 0. The molecule has 3 rings (SSSR count). The Kier molecular flexibility index (Phi) is 9.68. The second-order valence-electron chi connectivity index (χ2n) is 7.41. The molecule has 2 N–H and O–H groups in total. The first kappa shape index (κ1) is 27.9. The maximum atomic E-state index is 13.0. The zero-order valence-corrected chi connectivity index (χ0v) is 23.0. The van der Waals surface area contributed by atoms with Gasteiger partial charge >= 0.3 is 5.97 Å². The number of carbonyl (C=O) groups excluding carboxylic acids is 3.